The maximum absolute atomic E-state index is 6.85. The summed E-state index contributed by atoms with van der Waals surface area (Å²) in [6.07, 6.45) is 0.813. The fourth-order valence-electron chi connectivity index (χ4n) is 13.3. The van der Waals surface area contributed by atoms with E-state index in [9.17, 15) is 0 Å². The summed E-state index contributed by atoms with van der Waals surface area (Å²) in [5.41, 5.74) is 24.9. The second kappa shape index (κ2) is 18.2. The van der Waals surface area contributed by atoms with Gasteiger partial charge in [0.1, 0.15) is 11.3 Å². The molecule has 0 amide bonds. The van der Waals surface area contributed by atoms with E-state index in [4.69, 9.17) is 13.9 Å². The molecular weight excluding hydrogens is 978 g/mol. The molecule has 4 heterocycles. The molecule has 0 unspecified atom stereocenters. The fourth-order valence-corrected chi connectivity index (χ4v) is 13.3. The van der Waals surface area contributed by atoms with Gasteiger partial charge in [-0.05, 0) is 176 Å². The van der Waals surface area contributed by atoms with Crippen LogP contribution in [0.3, 0.4) is 0 Å². The van der Waals surface area contributed by atoms with Crippen molar-refractivity contribution in [1.29, 1.82) is 0 Å². The van der Waals surface area contributed by atoms with Crippen LogP contribution in [0.1, 0.15) is 63.3 Å². The molecule has 10 aromatic carbocycles. The molecule has 0 fully saturated rings. The molecule has 11 aromatic rings. The Labute approximate surface area is 469 Å². The van der Waals surface area contributed by atoms with Crippen LogP contribution in [0.5, 0.6) is 11.5 Å². The van der Waals surface area contributed by atoms with Crippen LogP contribution in [0.15, 0.2) is 223 Å². The van der Waals surface area contributed by atoms with Gasteiger partial charge in [-0.2, -0.15) is 0 Å². The number of anilines is 9. The Morgan fingerprint density at radius 2 is 1.21 bits per heavy atom. The smallest absolute Gasteiger partial charge is 0.252 e. The van der Waals surface area contributed by atoms with E-state index in [0.29, 0.717) is 13.2 Å². The van der Waals surface area contributed by atoms with E-state index in [2.05, 4.69) is 262 Å². The van der Waals surface area contributed by atoms with E-state index in [0.717, 1.165) is 108 Å². The van der Waals surface area contributed by atoms with E-state index < -0.39 is 0 Å². The lowest BCUT2D eigenvalue weighted by Gasteiger charge is -2.45. The van der Waals surface area contributed by atoms with E-state index in [1.54, 1.807) is 0 Å². The number of nitrogens with zero attached hydrogens (tertiary/aromatic N) is 3. The second-order valence-corrected chi connectivity index (χ2v) is 23.6. The van der Waals surface area contributed by atoms with Crippen LogP contribution >= 0.6 is 0 Å². The van der Waals surface area contributed by atoms with Gasteiger partial charge >= 0.3 is 0 Å². The zero-order valence-electron chi connectivity index (χ0n) is 46.0. The van der Waals surface area contributed by atoms with Crippen LogP contribution in [-0.2, 0) is 10.8 Å². The van der Waals surface area contributed by atoms with Crippen molar-refractivity contribution in [1.82, 2.24) is 0 Å². The third kappa shape index (κ3) is 7.62. The first-order valence-electron chi connectivity index (χ1n) is 28.2. The van der Waals surface area contributed by atoms with Crippen LogP contribution in [0.2, 0.25) is 0 Å². The van der Waals surface area contributed by atoms with Gasteiger partial charge in [0, 0.05) is 68.3 Å². The predicted molar refractivity (Wildman–Crippen MR) is 332 cm³/mol. The summed E-state index contributed by atoms with van der Waals surface area (Å²) in [7, 11) is 0. The highest BCUT2D eigenvalue weighted by Gasteiger charge is 2.45. The van der Waals surface area contributed by atoms with Gasteiger partial charge in [-0.15, -0.1) is 0 Å². The van der Waals surface area contributed by atoms with Gasteiger partial charge in [-0.1, -0.05) is 150 Å². The van der Waals surface area contributed by atoms with Gasteiger partial charge in [0.05, 0.1) is 18.9 Å². The van der Waals surface area contributed by atoms with E-state index in [1.807, 2.05) is 12.1 Å². The highest BCUT2D eigenvalue weighted by atomic mass is 16.5. The number of para-hydroxylation sites is 4. The molecule has 6 nitrogen and oxygen atoms in total. The molecule has 0 saturated carbocycles. The Morgan fingerprint density at radius 1 is 0.500 bits per heavy atom. The number of fused-ring (bicyclic) bond motifs is 9. The third-order valence-corrected chi connectivity index (χ3v) is 17.1. The van der Waals surface area contributed by atoms with Crippen molar-refractivity contribution >= 4 is 85.3 Å². The minimum Gasteiger partial charge on any atom is -0.489 e. The van der Waals surface area contributed by atoms with Gasteiger partial charge in [-0.25, -0.2) is 0 Å². The van der Waals surface area contributed by atoms with E-state index in [1.165, 1.54) is 44.2 Å². The van der Waals surface area contributed by atoms with Crippen molar-refractivity contribution in [2.45, 2.75) is 58.8 Å². The minimum absolute atomic E-state index is 0.112. The van der Waals surface area contributed by atoms with Crippen LogP contribution in [-0.4, -0.2) is 19.9 Å². The summed E-state index contributed by atoms with van der Waals surface area (Å²) in [4.78, 5) is 7.40. The lowest BCUT2D eigenvalue weighted by Crippen LogP contribution is -2.61. The average Bonchev–Trinajstić information content (AvgIpc) is 3.91. The number of benzene rings is 10. The van der Waals surface area contributed by atoms with Crippen LogP contribution in [0.4, 0.5) is 51.2 Å². The molecule has 3 aliphatic heterocycles. The molecule has 0 spiro atoms. The highest BCUT2D eigenvalue weighted by Crippen LogP contribution is 2.53. The molecule has 7 heteroatoms. The molecule has 0 radical (unpaired) electrons. The number of hydrogen-bond donors (Lipinski definition) is 0. The summed E-state index contributed by atoms with van der Waals surface area (Å²) in [5.74, 6) is 2.36. The molecule has 0 atom stereocenters. The van der Waals surface area contributed by atoms with E-state index in [-0.39, 0.29) is 17.5 Å². The lowest BCUT2D eigenvalue weighted by atomic mass is 9.33. The molecule has 4 aliphatic rings. The Morgan fingerprint density at radius 3 is 2.00 bits per heavy atom. The van der Waals surface area contributed by atoms with Crippen molar-refractivity contribution in [2.24, 2.45) is 0 Å². The summed E-state index contributed by atoms with van der Waals surface area (Å²) in [6.45, 7) is 15.0. The maximum atomic E-state index is 6.85. The van der Waals surface area contributed by atoms with Gasteiger partial charge in [0.2, 0.25) is 0 Å². The predicted octanol–water partition coefficient (Wildman–Crippen LogP) is 17.4. The molecule has 80 heavy (non-hydrogen) atoms. The van der Waals surface area contributed by atoms with Crippen molar-refractivity contribution < 1.29 is 13.9 Å². The molecular formula is C73H60BN3O3. The summed E-state index contributed by atoms with van der Waals surface area (Å²) >= 11 is 0. The topological polar surface area (TPSA) is 41.3 Å². The molecule has 0 N–H and O–H groups in total. The van der Waals surface area contributed by atoms with Gasteiger partial charge in [0.25, 0.3) is 6.71 Å². The largest absolute Gasteiger partial charge is 0.489 e. The van der Waals surface area contributed by atoms with Crippen LogP contribution < -0.4 is 40.6 Å². The Hall–Kier alpha value is -9.20. The number of furan rings is 1. The first-order chi connectivity index (χ1) is 39.0. The monoisotopic (exact) mass is 1040 g/mol. The summed E-state index contributed by atoms with van der Waals surface area (Å²) in [5, 5.41) is 1.07. The van der Waals surface area contributed by atoms with Crippen molar-refractivity contribution in [2.75, 3.05) is 27.9 Å². The zero-order valence-corrected chi connectivity index (χ0v) is 46.0. The van der Waals surface area contributed by atoms with Gasteiger partial charge in [0.15, 0.2) is 11.5 Å². The number of aryl methyl sites for hydroxylation is 1. The molecule has 1 aromatic heterocycles. The normalized spacial score (nSPS) is 14.4. The quantitative estimate of drug-likeness (QED) is 0.148. The minimum atomic E-state index is -0.175. The molecule has 388 valence electrons. The fraction of sp³-hybridized carbons (Fsp3) is 0.151. The SMILES string of the molecule is Cc1cc2c3c(c1)N(c1cccc4c1OCCCO4)c1ccc(C(C)(C)C)cc1B3c1ccc(N(c3ccccc3)c3ccccc3)cc1N2c1cc(-c2ccc3c(c2)C(C)(C)c2ccccc2-3)cc(-c2cc3ccccc3o2)c1. The molecule has 1 aliphatic carbocycles. The summed E-state index contributed by atoms with van der Waals surface area (Å²) in [6, 6.07) is 80.6. The number of hydrogen-bond acceptors (Lipinski definition) is 6. The second-order valence-electron chi connectivity index (χ2n) is 23.6. The highest BCUT2D eigenvalue weighted by molar-refractivity contribution is 7.00. The maximum Gasteiger partial charge on any atom is 0.252 e. The zero-order chi connectivity index (χ0) is 54.0. The van der Waals surface area contributed by atoms with E-state index >= 15 is 0 Å². The Balaban J connectivity index is 1.03. The standard InChI is InChI=1S/C73H60BN3O3/c1-46-37-65-70-66(38-46)77(63-26-17-28-68-71(63)79-36-18-35-78-68)62-34-30-51(72(2,3)4)44-61(62)74(70)60-33-31-54(75(52-20-9-7-10-21-52)53-22-11-8-12-23-53)45-64(60)76(65)55-40-49(39-50(41-55)69-43-48-19-13-16-27-67(48)80-69)47-29-32-57-56-24-14-15-25-58(56)73(5,6)59(57)42-47/h7-17,19-34,37-45H,18,35-36H2,1-6H3. The third-order valence-electron chi connectivity index (χ3n) is 17.1. The van der Waals surface area contributed by atoms with Crippen molar-refractivity contribution in [3.8, 4) is 45.1 Å². The van der Waals surface area contributed by atoms with Crippen LogP contribution in [0.25, 0.3) is 44.5 Å². The van der Waals surface area contributed by atoms with Gasteiger partial charge in [-0.3, -0.25) is 0 Å². The Kier molecular flexibility index (Phi) is 10.9. The average molecular weight is 1040 g/mol. The number of ether oxygens (including phenoxy) is 2. The molecule has 0 saturated heterocycles. The molecule has 0 bridgehead atoms. The number of rotatable bonds is 7. The Bertz CT molecular complexity index is 4220. The van der Waals surface area contributed by atoms with Crippen LogP contribution in [0, 0.1) is 6.92 Å². The van der Waals surface area contributed by atoms with Gasteiger partial charge < -0.3 is 28.6 Å². The first-order valence-corrected chi connectivity index (χ1v) is 28.2. The summed E-state index contributed by atoms with van der Waals surface area (Å²) < 4.78 is 20.0. The lowest BCUT2D eigenvalue weighted by molar-refractivity contribution is 0.297. The van der Waals surface area contributed by atoms with Crippen molar-refractivity contribution in [3.05, 3.63) is 241 Å². The van der Waals surface area contributed by atoms with Crippen molar-refractivity contribution in [3.63, 3.8) is 0 Å². The first kappa shape index (κ1) is 48.0. The molecule has 15 rings (SSSR count).